The van der Waals surface area contributed by atoms with E-state index in [1.54, 1.807) is 23.7 Å². The molecule has 0 aliphatic carbocycles. The molecule has 3 aromatic heterocycles. The van der Waals surface area contributed by atoms with Crippen LogP contribution in [0.25, 0.3) is 11.0 Å². The van der Waals surface area contributed by atoms with Crippen molar-refractivity contribution in [3.63, 3.8) is 0 Å². The monoisotopic (exact) mass is 216 g/mol. The maximum Gasteiger partial charge on any atom is 0.110 e. The molecule has 74 valence electrons. The van der Waals surface area contributed by atoms with Gasteiger partial charge in [0.15, 0.2) is 0 Å². The number of H-pyrrole nitrogens is 1. The van der Waals surface area contributed by atoms with Gasteiger partial charge in [-0.15, -0.1) is 11.3 Å². The summed E-state index contributed by atoms with van der Waals surface area (Å²) in [5.41, 5.74) is 2.81. The van der Waals surface area contributed by atoms with Gasteiger partial charge in [-0.2, -0.15) is 5.10 Å². The zero-order valence-corrected chi connectivity index (χ0v) is 8.58. The Bertz CT molecular complexity index is 570. The molecule has 3 rings (SSSR count). The Kier molecular flexibility index (Phi) is 1.89. The van der Waals surface area contributed by atoms with Crippen LogP contribution in [0.1, 0.15) is 0 Å². The molecule has 0 bridgehead atoms. The fourth-order valence-electron chi connectivity index (χ4n) is 1.44. The highest BCUT2D eigenvalue weighted by molar-refractivity contribution is 7.14. The molecule has 5 heteroatoms. The summed E-state index contributed by atoms with van der Waals surface area (Å²) >= 11 is 1.66. The van der Waals surface area contributed by atoms with Crippen LogP contribution in [0.4, 0.5) is 10.7 Å². The van der Waals surface area contributed by atoms with Crippen molar-refractivity contribution in [2.24, 2.45) is 0 Å². The van der Waals surface area contributed by atoms with E-state index in [1.165, 1.54) is 0 Å². The predicted octanol–water partition coefficient (Wildman–Crippen LogP) is 2.76. The highest BCUT2D eigenvalue weighted by Crippen LogP contribution is 2.25. The van der Waals surface area contributed by atoms with Crippen molar-refractivity contribution < 1.29 is 0 Å². The average molecular weight is 216 g/mol. The van der Waals surface area contributed by atoms with Crippen molar-refractivity contribution in [2.75, 3.05) is 5.32 Å². The van der Waals surface area contributed by atoms with E-state index in [0.29, 0.717) is 0 Å². The van der Waals surface area contributed by atoms with Crippen LogP contribution in [0.3, 0.4) is 0 Å². The van der Waals surface area contributed by atoms with Crippen LogP contribution < -0.4 is 5.32 Å². The summed E-state index contributed by atoms with van der Waals surface area (Å²) in [5.74, 6) is 0. The molecule has 0 radical (unpaired) electrons. The predicted molar refractivity (Wildman–Crippen MR) is 61.5 cm³/mol. The van der Waals surface area contributed by atoms with Crippen molar-refractivity contribution in [3.8, 4) is 0 Å². The lowest BCUT2D eigenvalue weighted by atomic mass is 10.3. The van der Waals surface area contributed by atoms with Crippen LogP contribution in [-0.4, -0.2) is 15.2 Å². The number of fused-ring (bicyclic) bond motifs is 1. The number of thiophene rings is 1. The molecular formula is C10H8N4S. The molecule has 3 aromatic rings. The molecule has 2 N–H and O–H groups in total. The summed E-state index contributed by atoms with van der Waals surface area (Å²) in [7, 11) is 0. The molecule has 15 heavy (non-hydrogen) atoms. The molecular weight excluding hydrogens is 208 g/mol. The maximum atomic E-state index is 4.20. The quantitative estimate of drug-likeness (QED) is 0.692. The minimum atomic E-state index is 0.872. The van der Waals surface area contributed by atoms with Gasteiger partial charge in [0.1, 0.15) is 11.0 Å². The average Bonchev–Trinajstić information content (AvgIpc) is 2.87. The number of aromatic amines is 1. The number of aromatic nitrogens is 3. The molecule has 0 fully saturated rings. The van der Waals surface area contributed by atoms with Crippen LogP contribution >= 0.6 is 11.3 Å². The van der Waals surface area contributed by atoms with E-state index in [9.17, 15) is 0 Å². The van der Waals surface area contributed by atoms with Gasteiger partial charge >= 0.3 is 0 Å². The molecule has 0 amide bonds. The Hall–Kier alpha value is -1.88. The third kappa shape index (κ3) is 1.46. The largest absolute Gasteiger partial charge is 0.345 e. The number of nitrogens with zero attached hydrogens (tertiary/aromatic N) is 2. The van der Waals surface area contributed by atoms with E-state index in [2.05, 4.69) is 20.5 Å². The summed E-state index contributed by atoms with van der Waals surface area (Å²) in [6.07, 6.45) is 3.49. The topological polar surface area (TPSA) is 53.6 Å². The first-order valence-corrected chi connectivity index (χ1v) is 5.40. The fourth-order valence-corrected chi connectivity index (χ4v) is 2.07. The van der Waals surface area contributed by atoms with Crippen LogP contribution in [0.15, 0.2) is 36.0 Å². The van der Waals surface area contributed by atoms with Crippen molar-refractivity contribution in [3.05, 3.63) is 36.0 Å². The lowest BCUT2D eigenvalue weighted by Crippen LogP contribution is -1.89. The van der Waals surface area contributed by atoms with Crippen molar-refractivity contribution in [1.82, 2.24) is 15.2 Å². The number of pyridine rings is 1. The third-order valence-corrected chi connectivity index (χ3v) is 2.91. The van der Waals surface area contributed by atoms with Gasteiger partial charge < -0.3 is 5.32 Å². The Morgan fingerprint density at radius 3 is 3.20 bits per heavy atom. The Balaban J connectivity index is 2.07. The fraction of sp³-hybridized carbons (Fsp3) is 0. The molecule has 0 saturated carbocycles. The number of anilines is 2. The minimum absolute atomic E-state index is 0.872. The molecule has 0 atom stereocenters. The van der Waals surface area contributed by atoms with Crippen LogP contribution in [-0.2, 0) is 0 Å². The van der Waals surface area contributed by atoms with E-state index in [0.717, 1.165) is 21.7 Å². The lowest BCUT2D eigenvalue weighted by molar-refractivity contribution is 1.12. The van der Waals surface area contributed by atoms with Gasteiger partial charge in [0.25, 0.3) is 0 Å². The number of hydrogen-bond donors (Lipinski definition) is 2. The molecule has 0 aliphatic rings. The van der Waals surface area contributed by atoms with Gasteiger partial charge in [-0.1, -0.05) is 0 Å². The first-order chi connectivity index (χ1) is 7.43. The molecule has 0 spiro atoms. The zero-order valence-electron chi connectivity index (χ0n) is 7.77. The number of nitrogens with one attached hydrogen (secondary N) is 2. The normalized spacial score (nSPS) is 10.7. The van der Waals surface area contributed by atoms with Gasteiger partial charge in [-0.25, -0.2) is 0 Å². The Labute approximate surface area is 90.0 Å². The summed E-state index contributed by atoms with van der Waals surface area (Å²) < 4.78 is 0. The number of hydrogen-bond acceptors (Lipinski definition) is 4. The van der Waals surface area contributed by atoms with Gasteiger partial charge in [-0.05, 0) is 23.6 Å². The summed E-state index contributed by atoms with van der Waals surface area (Å²) in [6, 6.07) is 5.98. The maximum absolute atomic E-state index is 4.20. The summed E-state index contributed by atoms with van der Waals surface area (Å²) in [5, 5.41) is 13.4. The molecule has 3 heterocycles. The molecule has 0 unspecified atom stereocenters. The second-order valence-electron chi connectivity index (χ2n) is 3.09. The minimum Gasteiger partial charge on any atom is -0.345 e. The highest BCUT2D eigenvalue weighted by Gasteiger charge is 2.03. The smallest absolute Gasteiger partial charge is 0.110 e. The first-order valence-electron chi connectivity index (χ1n) is 4.52. The van der Waals surface area contributed by atoms with E-state index in [4.69, 9.17) is 0 Å². The van der Waals surface area contributed by atoms with Gasteiger partial charge in [0, 0.05) is 6.20 Å². The summed E-state index contributed by atoms with van der Waals surface area (Å²) in [6.45, 7) is 0. The molecule has 0 aromatic carbocycles. The van der Waals surface area contributed by atoms with Gasteiger partial charge in [0.2, 0.25) is 0 Å². The van der Waals surface area contributed by atoms with Gasteiger partial charge in [-0.3, -0.25) is 10.1 Å². The van der Waals surface area contributed by atoms with Crippen molar-refractivity contribution in [2.45, 2.75) is 0 Å². The highest BCUT2D eigenvalue weighted by atomic mass is 32.1. The second-order valence-corrected chi connectivity index (χ2v) is 4.04. The molecule has 0 saturated heterocycles. The van der Waals surface area contributed by atoms with Crippen LogP contribution in [0.2, 0.25) is 0 Å². The lowest BCUT2D eigenvalue weighted by Gasteiger charge is -2.03. The molecule has 4 nitrogen and oxygen atoms in total. The number of rotatable bonds is 2. The SMILES string of the molecule is c1csc(Nc2ccnc3cn[nH]c23)c1. The Morgan fingerprint density at radius 2 is 2.33 bits per heavy atom. The van der Waals surface area contributed by atoms with Crippen molar-refractivity contribution >= 4 is 33.1 Å². The van der Waals surface area contributed by atoms with E-state index in [1.807, 2.05) is 23.6 Å². The van der Waals surface area contributed by atoms with Crippen molar-refractivity contribution in [1.29, 1.82) is 0 Å². The van der Waals surface area contributed by atoms with E-state index < -0.39 is 0 Å². The van der Waals surface area contributed by atoms with E-state index in [-0.39, 0.29) is 0 Å². The first kappa shape index (κ1) is 8.43. The van der Waals surface area contributed by atoms with Gasteiger partial charge in [0.05, 0.1) is 16.9 Å². The molecule has 0 aliphatic heterocycles. The zero-order chi connectivity index (χ0) is 10.1. The van der Waals surface area contributed by atoms with Crippen LogP contribution in [0, 0.1) is 0 Å². The summed E-state index contributed by atoms with van der Waals surface area (Å²) in [4.78, 5) is 4.20. The standard InChI is InChI=1S/C10H8N4S/c1-2-9(15-5-1)13-7-3-4-11-8-6-12-14-10(7)8/h1-6H,(H,11,13)(H,12,14). The third-order valence-electron chi connectivity index (χ3n) is 2.12. The van der Waals surface area contributed by atoms with E-state index >= 15 is 0 Å². The Morgan fingerprint density at radius 1 is 1.33 bits per heavy atom. The van der Waals surface area contributed by atoms with Crippen LogP contribution in [0.5, 0.6) is 0 Å². The second kappa shape index (κ2) is 3.36.